The van der Waals surface area contributed by atoms with Crippen LogP contribution in [0.2, 0.25) is 0 Å². The number of carboxylic acids is 1. The quantitative estimate of drug-likeness (QED) is 0.797. The Morgan fingerprint density at radius 1 is 1.47 bits per heavy atom. The minimum absolute atomic E-state index is 0.141. The molecule has 0 aromatic carbocycles. The van der Waals surface area contributed by atoms with Crippen molar-refractivity contribution < 1.29 is 19.4 Å². The second kappa shape index (κ2) is 3.70. The Labute approximate surface area is 87.5 Å². The molecule has 2 N–H and O–H groups in total. The maximum atomic E-state index is 11.2. The predicted molar refractivity (Wildman–Crippen MR) is 52.2 cm³/mol. The van der Waals surface area contributed by atoms with Crippen LogP contribution in [0.15, 0.2) is 22.8 Å². The molecule has 1 atom stereocenters. The Balaban J connectivity index is 2.35. The second-order valence-corrected chi connectivity index (χ2v) is 4.03. The third-order valence-electron chi connectivity index (χ3n) is 3.17. The van der Waals surface area contributed by atoms with Gasteiger partial charge in [0, 0.05) is 5.92 Å². The highest BCUT2D eigenvalue weighted by molar-refractivity contribution is 5.78. The summed E-state index contributed by atoms with van der Waals surface area (Å²) in [5.74, 6) is -1.31. The standard InChI is InChI=1S/C11H14O4/c12-10(13)11(14,8-4-1-2-5-8)9-6-3-7-15-9/h3,6-8,14H,1-2,4-5H2,(H,12,13). The molecule has 1 heterocycles. The van der Waals surface area contributed by atoms with Crippen molar-refractivity contribution in [3.8, 4) is 0 Å². The Bertz CT molecular complexity index is 337. The van der Waals surface area contributed by atoms with Crippen LogP contribution in [-0.4, -0.2) is 16.2 Å². The first-order chi connectivity index (χ1) is 7.15. The fraction of sp³-hybridized carbons (Fsp3) is 0.545. The highest BCUT2D eigenvalue weighted by Gasteiger charge is 2.48. The average molecular weight is 210 g/mol. The van der Waals surface area contributed by atoms with Crippen molar-refractivity contribution in [3.63, 3.8) is 0 Å². The predicted octanol–water partition coefficient (Wildman–Crippen LogP) is 1.74. The van der Waals surface area contributed by atoms with Crippen molar-refractivity contribution in [2.75, 3.05) is 0 Å². The number of aliphatic carboxylic acids is 1. The number of rotatable bonds is 3. The Morgan fingerprint density at radius 2 is 2.13 bits per heavy atom. The summed E-state index contributed by atoms with van der Waals surface area (Å²) in [7, 11) is 0. The topological polar surface area (TPSA) is 70.7 Å². The monoisotopic (exact) mass is 210 g/mol. The number of hydrogen-bond acceptors (Lipinski definition) is 3. The highest BCUT2D eigenvalue weighted by atomic mass is 16.4. The fourth-order valence-electron chi connectivity index (χ4n) is 2.32. The first-order valence-corrected chi connectivity index (χ1v) is 5.15. The Kier molecular flexibility index (Phi) is 2.52. The van der Waals surface area contributed by atoms with Gasteiger partial charge in [0.25, 0.3) is 0 Å². The minimum Gasteiger partial charge on any atom is -0.479 e. The summed E-state index contributed by atoms with van der Waals surface area (Å²) in [6.07, 6.45) is 4.81. The van der Waals surface area contributed by atoms with Gasteiger partial charge in [0.05, 0.1) is 6.26 Å². The van der Waals surface area contributed by atoms with Crippen LogP contribution < -0.4 is 0 Å². The number of carboxylic acid groups (broad SMARTS) is 1. The zero-order valence-electron chi connectivity index (χ0n) is 8.35. The van der Waals surface area contributed by atoms with E-state index in [4.69, 9.17) is 9.52 Å². The fourth-order valence-corrected chi connectivity index (χ4v) is 2.32. The molecule has 0 aliphatic heterocycles. The van der Waals surface area contributed by atoms with E-state index in [1.54, 1.807) is 6.07 Å². The molecule has 4 heteroatoms. The van der Waals surface area contributed by atoms with Gasteiger partial charge >= 0.3 is 5.97 Å². The largest absolute Gasteiger partial charge is 0.479 e. The van der Waals surface area contributed by atoms with Crippen LogP contribution in [0.25, 0.3) is 0 Å². The molecule has 1 fully saturated rings. The van der Waals surface area contributed by atoms with Gasteiger partial charge in [0.1, 0.15) is 5.76 Å². The number of carbonyl (C=O) groups is 1. The first kappa shape index (κ1) is 10.2. The molecule has 15 heavy (non-hydrogen) atoms. The van der Waals surface area contributed by atoms with Crippen molar-refractivity contribution in [3.05, 3.63) is 24.2 Å². The molecule has 0 radical (unpaired) electrons. The van der Waals surface area contributed by atoms with E-state index in [1.165, 1.54) is 12.3 Å². The molecule has 82 valence electrons. The summed E-state index contributed by atoms with van der Waals surface area (Å²) in [5.41, 5.74) is -1.85. The van der Waals surface area contributed by atoms with Crippen molar-refractivity contribution in [2.24, 2.45) is 5.92 Å². The van der Waals surface area contributed by atoms with E-state index < -0.39 is 11.6 Å². The lowest BCUT2D eigenvalue weighted by Gasteiger charge is -2.27. The SMILES string of the molecule is O=C(O)C(O)(c1ccco1)C1CCCC1. The van der Waals surface area contributed by atoms with Gasteiger partial charge in [-0.15, -0.1) is 0 Å². The molecule has 0 saturated heterocycles. The van der Waals surface area contributed by atoms with E-state index in [-0.39, 0.29) is 11.7 Å². The normalized spacial score (nSPS) is 21.4. The van der Waals surface area contributed by atoms with Gasteiger partial charge in [-0.05, 0) is 25.0 Å². The van der Waals surface area contributed by atoms with Gasteiger partial charge in [0.2, 0.25) is 5.60 Å². The van der Waals surface area contributed by atoms with Crippen molar-refractivity contribution in [1.82, 2.24) is 0 Å². The van der Waals surface area contributed by atoms with Crippen LogP contribution in [0.5, 0.6) is 0 Å². The lowest BCUT2D eigenvalue weighted by molar-refractivity contribution is -0.169. The smallest absolute Gasteiger partial charge is 0.344 e. The molecule has 1 unspecified atom stereocenters. The maximum Gasteiger partial charge on any atom is 0.344 e. The zero-order chi connectivity index (χ0) is 10.9. The van der Waals surface area contributed by atoms with Crippen LogP contribution >= 0.6 is 0 Å². The molecule has 0 bridgehead atoms. The molecule has 0 spiro atoms. The second-order valence-electron chi connectivity index (χ2n) is 4.03. The number of furan rings is 1. The van der Waals surface area contributed by atoms with Crippen molar-refractivity contribution >= 4 is 5.97 Å². The molecule has 1 saturated carbocycles. The van der Waals surface area contributed by atoms with Crippen LogP contribution in [0, 0.1) is 5.92 Å². The molecule has 1 aromatic heterocycles. The summed E-state index contributed by atoms with van der Waals surface area (Å²) in [6, 6.07) is 3.12. The molecule has 1 aliphatic rings. The van der Waals surface area contributed by atoms with Gasteiger partial charge in [-0.1, -0.05) is 12.8 Å². The summed E-state index contributed by atoms with van der Waals surface area (Å²) >= 11 is 0. The van der Waals surface area contributed by atoms with E-state index in [9.17, 15) is 9.90 Å². The van der Waals surface area contributed by atoms with Crippen molar-refractivity contribution in [1.29, 1.82) is 0 Å². The molecule has 2 rings (SSSR count). The molecule has 1 aliphatic carbocycles. The maximum absolute atomic E-state index is 11.2. The third-order valence-corrected chi connectivity index (χ3v) is 3.17. The van der Waals surface area contributed by atoms with E-state index in [1.807, 2.05) is 0 Å². The van der Waals surface area contributed by atoms with E-state index in [0.717, 1.165) is 25.7 Å². The summed E-state index contributed by atoms with van der Waals surface area (Å²) < 4.78 is 5.04. The van der Waals surface area contributed by atoms with Gasteiger partial charge < -0.3 is 14.6 Å². The lowest BCUT2D eigenvalue weighted by atomic mass is 9.84. The summed E-state index contributed by atoms with van der Waals surface area (Å²) in [6.45, 7) is 0. The third kappa shape index (κ3) is 1.55. The van der Waals surface area contributed by atoms with E-state index in [0.29, 0.717) is 0 Å². The van der Waals surface area contributed by atoms with Crippen LogP contribution in [-0.2, 0) is 10.4 Å². The zero-order valence-corrected chi connectivity index (χ0v) is 8.35. The van der Waals surface area contributed by atoms with Crippen LogP contribution in [0.3, 0.4) is 0 Å². The lowest BCUT2D eigenvalue weighted by Crippen LogP contribution is -2.41. The van der Waals surface area contributed by atoms with Gasteiger partial charge in [-0.25, -0.2) is 4.79 Å². The number of aliphatic hydroxyl groups is 1. The van der Waals surface area contributed by atoms with Gasteiger partial charge in [-0.2, -0.15) is 0 Å². The minimum atomic E-state index is -1.85. The molecule has 4 nitrogen and oxygen atoms in total. The molecule has 0 amide bonds. The highest BCUT2D eigenvalue weighted by Crippen LogP contribution is 2.40. The molecule has 1 aromatic rings. The Hall–Kier alpha value is -1.29. The van der Waals surface area contributed by atoms with Crippen LogP contribution in [0.4, 0.5) is 0 Å². The number of hydrogen-bond donors (Lipinski definition) is 2. The average Bonchev–Trinajstić information content (AvgIpc) is 2.89. The van der Waals surface area contributed by atoms with Crippen molar-refractivity contribution in [2.45, 2.75) is 31.3 Å². The van der Waals surface area contributed by atoms with E-state index >= 15 is 0 Å². The molecular weight excluding hydrogens is 196 g/mol. The summed E-state index contributed by atoms with van der Waals surface area (Å²) in [5, 5.41) is 19.4. The van der Waals surface area contributed by atoms with Crippen LogP contribution in [0.1, 0.15) is 31.4 Å². The van der Waals surface area contributed by atoms with E-state index in [2.05, 4.69) is 0 Å². The summed E-state index contributed by atoms with van der Waals surface area (Å²) in [4.78, 5) is 11.2. The first-order valence-electron chi connectivity index (χ1n) is 5.15. The molecular formula is C11H14O4. The van der Waals surface area contributed by atoms with Gasteiger partial charge in [-0.3, -0.25) is 0 Å². The van der Waals surface area contributed by atoms with Gasteiger partial charge in [0.15, 0.2) is 0 Å². The Morgan fingerprint density at radius 3 is 2.60 bits per heavy atom.